The van der Waals surface area contributed by atoms with E-state index >= 15 is 0 Å². The highest BCUT2D eigenvalue weighted by atomic mass is 15.1. The predicted octanol–water partition coefficient (Wildman–Crippen LogP) is 1.10. The van der Waals surface area contributed by atoms with Crippen LogP contribution in [0, 0.1) is 0 Å². The summed E-state index contributed by atoms with van der Waals surface area (Å²) >= 11 is 0. The second kappa shape index (κ2) is 2.31. The van der Waals surface area contributed by atoms with Crippen LogP contribution in [0.25, 0.3) is 0 Å². The van der Waals surface area contributed by atoms with Crippen LogP contribution in [-0.2, 0) is 0 Å². The van der Waals surface area contributed by atoms with Crippen LogP contribution in [-0.4, -0.2) is 25.0 Å². The molecule has 1 rings (SSSR count). The van der Waals surface area contributed by atoms with E-state index in [0.717, 1.165) is 0 Å². The molecule has 0 N–H and O–H groups in total. The van der Waals surface area contributed by atoms with Crippen LogP contribution in [0.5, 0.6) is 0 Å². The van der Waals surface area contributed by atoms with Gasteiger partial charge in [-0.2, -0.15) is 0 Å². The second-order valence-corrected chi connectivity index (χ2v) is 1.85. The van der Waals surface area contributed by atoms with E-state index in [1.807, 2.05) is 0 Å². The molecule has 1 saturated heterocycles. The van der Waals surface area contributed by atoms with E-state index in [1.165, 1.54) is 0 Å². The fraction of sp³-hybridized carbons (Fsp3) is 1.00. The Bertz CT molecular complexity index is 141. The molecule has 1 heteroatoms. The molecular formula is C6H13N. The molecule has 0 aromatic rings. The standard InChI is InChI=1S/C6H13N/c1-7-5-3-2-4-6-7/h2-6H2,1H3/i3D2,4D2. The summed E-state index contributed by atoms with van der Waals surface area (Å²) in [4.78, 5) is 1.70. The molecule has 42 valence electrons. The van der Waals surface area contributed by atoms with E-state index in [4.69, 9.17) is 5.48 Å². The molecule has 0 atom stereocenters. The fourth-order valence-corrected chi connectivity index (χ4v) is 0.638. The molecule has 1 aliphatic rings. The number of nitrogens with zero attached hydrogens (tertiary/aromatic N) is 1. The molecule has 1 heterocycles. The van der Waals surface area contributed by atoms with Crippen LogP contribution in [0.15, 0.2) is 0 Å². The Kier molecular flexibility index (Phi) is 0.680. The van der Waals surface area contributed by atoms with Crippen molar-refractivity contribution in [3.63, 3.8) is 0 Å². The summed E-state index contributed by atoms with van der Waals surface area (Å²) in [6.07, 6.45) is -2.71. The number of likely N-dealkylation sites (tertiary alicyclic amines) is 1. The summed E-state index contributed by atoms with van der Waals surface area (Å²) in [5.41, 5.74) is 0. The first kappa shape index (κ1) is 2.06. The monoisotopic (exact) mass is 103 g/mol. The molecule has 1 nitrogen and oxygen atoms in total. The quantitative estimate of drug-likeness (QED) is 0.444. The van der Waals surface area contributed by atoms with Crippen LogP contribution in [0.2, 0.25) is 0 Å². The van der Waals surface area contributed by atoms with Crippen molar-refractivity contribution in [2.75, 3.05) is 20.1 Å². The molecular weight excluding hydrogens is 86.1 g/mol. The molecule has 0 bridgehead atoms. The Morgan fingerprint density at radius 3 is 2.43 bits per heavy atom. The SMILES string of the molecule is [2H]C1([2H])CN(C)CC([2H])([2H])C1. The van der Waals surface area contributed by atoms with Gasteiger partial charge in [0.05, 0.1) is 0 Å². The molecule has 0 aromatic heterocycles. The number of piperidine rings is 1. The Morgan fingerprint density at radius 1 is 1.43 bits per heavy atom. The van der Waals surface area contributed by atoms with Gasteiger partial charge in [-0.15, -0.1) is 0 Å². The highest BCUT2D eigenvalue weighted by molar-refractivity contribution is 4.58. The third-order valence-electron chi connectivity index (χ3n) is 1.01. The van der Waals surface area contributed by atoms with Crippen molar-refractivity contribution in [3.05, 3.63) is 0 Å². The highest BCUT2D eigenvalue weighted by Crippen LogP contribution is 2.04. The van der Waals surface area contributed by atoms with Gasteiger partial charge >= 0.3 is 0 Å². The summed E-state index contributed by atoms with van der Waals surface area (Å²) in [6.45, 7) is 0.680. The maximum atomic E-state index is 7.40. The third-order valence-corrected chi connectivity index (χ3v) is 1.01. The highest BCUT2D eigenvalue weighted by Gasteiger charge is 2.02. The van der Waals surface area contributed by atoms with E-state index in [0.29, 0.717) is 13.1 Å². The normalized spacial score (nSPS) is 48.1. The first-order chi connectivity index (χ1) is 4.81. The van der Waals surface area contributed by atoms with Crippen LogP contribution in [0.3, 0.4) is 0 Å². The zero-order valence-corrected chi connectivity index (χ0v) is 4.57. The van der Waals surface area contributed by atoms with Crippen molar-refractivity contribution < 1.29 is 5.48 Å². The molecule has 1 aliphatic heterocycles. The van der Waals surface area contributed by atoms with Crippen molar-refractivity contribution in [2.24, 2.45) is 0 Å². The molecule has 0 radical (unpaired) electrons. The first-order valence-electron chi connectivity index (χ1n) is 4.49. The molecule has 0 aliphatic carbocycles. The van der Waals surface area contributed by atoms with Gasteiger partial charge in [0.15, 0.2) is 0 Å². The lowest BCUT2D eigenvalue weighted by Crippen LogP contribution is -2.24. The minimum absolute atomic E-state index is 0.0182. The zero-order chi connectivity index (χ0) is 8.70. The average Bonchev–Trinajstić information content (AvgIpc) is 1.49. The van der Waals surface area contributed by atoms with Gasteiger partial charge in [0, 0.05) is 5.48 Å². The van der Waals surface area contributed by atoms with E-state index in [1.54, 1.807) is 11.9 Å². The first-order valence-corrected chi connectivity index (χ1v) is 2.49. The number of hydrogen-bond acceptors (Lipinski definition) is 1. The second-order valence-electron chi connectivity index (χ2n) is 1.85. The lowest BCUT2D eigenvalue weighted by molar-refractivity contribution is 0.277. The number of rotatable bonds is 0. The largest absolute Gasteiger partial charge is 0.306 e. The summed E-state index contributed by atoms with van der Waals surface area (Å²) < 4.78 is 29.6. The molecule has 0 saturated carbocycles. The van der Waals surface area contributed by atoms with E-state index in [2.05, 4.69) is 0 Å². The van der Waals surface area contributed by atoms with Gasteiger partial charge in [0.25, 0.3) is 0 Å². The minimum atomic E-state index is -1.36. The summed E-state index contributed by atoms with van der Waals surface area (Å²) in [5, 5.41) is 0. The minimum Gasteiger partial charge on any atom is -0.306 e. The van der Waals surface area contributed by atoms with Crippen LogP contribution >= 0.6 is 0 Å². The van der Waals surface area contributed by atoms with Gasteiger partial charge in [-0.25, -0.2) is 0 Å². The van der Waals surface area contributed by atoms with Crippen molar-refractivity contribution in [1.82, 2.24) is 4.90 Å². The fourth-order valence-electron chi connectivity index (χ4n) is 0.638. The maximum Gasteiger partial charge on any atom is 0.0280 e. The Balaban J connectivity index is 2.66. The van der Waals surface area contributed by atoms with Gasteiger partial charge in [-0.3, -0.25) is 0 Å². The van der Waals surface area contributed by atoms with Crippen molar-refractivity contribution in [2.45, 2.75) is 19.2 Å². The number of hydrogen-bond donors (Lipinski definition) is 0. The summed E-state index contributed by atoms with van der Waals surface area (Å²) in [5.74, 6) is 0. The average molecular weight is 103 g/mol. The molecule has 0 aromatic carbocycles. The molecule has 0 spiro atoms. The maximum absolute atomic E-state index is 7.40. The Hall–Kier alpha value is -0.0400. The van der Waals surface area contributed by atoms with Crippen molar-refractivity contribution >= 4 is 0 Å². The smallest absolute Gasteiger partial charge is 0.0280 e. The van der Waals surface area contributed by atoms with E-state index in [9.17, 15) is 0 Å². The lowest BCUT2D eigenvalue weighted by atomic mass is 10.1. The summed E-state index contributed by atoms with van der Waals surface area (Å²) in [7, 11) is 1.74. The third kappa shape index (κ3) is 1.48. The molecule has 1 fully saturated rings. The van der Waals surface area contributed by atoms with Gasteiger partial charge in [0.1, 0.15) is 0 Å². The summed E-state index contributed by atoms with van der Waals surface area (Å²) in [6, 6.07) is 0. The van der Waals surface area contributed by atoms with E-state index < -0.39 is 12.7 Å². The van der Waals surface area contributed by atoms with Crippen LogP contribution < -0.4 is 0 Å². The van der Waals surface area contributed by atoms with Gasteiger partial charge in [-0.1, -0.05) is 6.42 Å². The van der Waals surface area contributed by atoms with Crippen LogP contribution in [0.1, 0.15) is 24.6 Å². The Labute approximate surface area is 50.9 Å². The van der Waals surface area contributed by atoms with Gasteiger partial charge in [-0.05, 0) is 32.9 Å². The predicted molar refractivity (Wildman–Crippen MR) is 31.3 cm³/mol. The zero-order valence-electron chi connectivity index (χ0n) is 8.57. The molecule has 0 amide bonds. The topological polar surface area (TPSA) is 3.24 Å². The van der Waals surface area contributed by atoms with Gasteiger partial charge in [0.2, 0.25) is 0 Å². The molecule has 7 heavy (non-hydrogen) atoms. The van der Waals surface area contributed by atoms with Gasteiger partial charge < -0.3 is 4.90 Å². The van der Waals surface area contributed by atoms with Crippen molar-refractivity contribution in [1.29, 1.82) is 0 Å². The molecule has 0 unspecified atom stereocenters. The van der Waals surface area contributed by atoms with Crippen LogP contribution in [0.4, 0.5) is 0 Å². The Morgan fingerprint density at radius 2 is 2.00 bits per heavy atom. The lowest BCUT2D eigenvalue weighted by Gasteiger charge is -2.20. The van der Waals surface area contributed by atoms with E-state index in [-0.39, 0.29) is 6.42 Å². The van der Waals surface area contributed by atoms with Crippen molar-refractivity contribution in [3.8, 4) is 0 Å².